The molecule has 0 aliphatic rings. The SMILES string of the molecule is CCCCOON=C(C#N)c1cccc(C(C#N)=NOS(=O)(=O)CCCC)c1. The predicted molar refractivity (Wildman–Crippen MR) is 102 cm³/mol. The fraction of sp³-hybridized carbons (Fsp3) is 0.444. The van der Waals surface area contributed by atoms with Crippen molar-refractivity contribution in [2.24, 2.45) is 10.3 Å². The number of nitrogens with zero attached hydrogens (tertiary/aromatic N) is 4. The number of unbranched alkanes of at least 4 members (excludes halogenated alkanes) is 2. The van der Waals surface area contributed by atoms with E-state index in [1.54, 1.807) is 18.2 Å². The number of hydrogen-bond donors (Lipinski definition) is 0. The smallest absolute Gasteiger partial charge is 0.267 e. The van der Waals surface area contributed by atoms with Gasteiger partial charge in [-0.15, -0.1) is 0 Å². The van der Waals surface area contributed by atoms with E-state index in [2.05, 4.69) is 19.6 Å². The lowest BCUT2D eigenvalue weighted by Gasteiger charge is -2.03. The van der Waals surface area contributed by atoms with Gasteiger partial charge in [-0.05, 0) is 24.1 Å². The predicted octanol–water partition coefficient (Wildman–Crippen LogP) is 3.04. The molecule has 10 heteroatoms. The van der Waals surface area contributed by atoms with Gasteiger partial charge in [-0.3, -0.25) is 4.28 Å². The molecule has 0 aliphatic carbocycles. The van der Waals surface area contributed by atoms with Crippen molar-refractivity contribution in [2.75, 3.05) is 12.4 Å². The van der Waals surface area contributed by atoms with E-state index >= 15 is 0 Å². The van der Waals surface area contributed by atoms with Crippen molar-refractivity contribution in [2.45, 2.75) is 39.5 Å². The standard InChI is InChI=1S/C18H22N4O5S/c1-3-5-10-25-26-21-17(13-19)15-8-7-9-16(12-15)18(14-20)22-27-28(23,24)11-6-4-2/h7-9,12H,3-6,10-11H2,1-2H3. The number of nitriles is 2. The van der Waals surface area contributed by atoms with Crippen molar-refractivity contribution in [1.82, 2.24) is 0 Å². The molecular weight excluding hydrogens is 384 g/mol. The highest BCUT2D eigenvalue weighted by molar-refractivity contribution is 7.86. The maximum absolute atomic E-state index is 11.7. The molecule has 0 saturated heterocycles. The Kier molecular flexibility index (Phi) is 10.3. The van der Waals surface area contributed by atoms with E-state index in [9.17, 15) is 18.9 Å². The zero-order chi connectivity index (χ0) is 20.8. The van der Waals surface area contributed by atoms with E-state index in [4.69, 9.17) is 4.89 Å². The lowest BCUT2D eigenvalue weighted by atomic mass is 10.0. The number of oxime groups is 2. The first-order chi connectivity index (χ1) is 13.5. The topological polar surface area (TPSA) is 134 Å². The van der Waals surface area contributed by atoms with Crippen LogP contribution in [0.5, 0.6) is 0 Å². The highest BCUT2D eigenvalue weighted by Crippen LogP contribution is 2.10. The largest absolute Gasteiger partial charge is 0.328 e. The van der Waals surface area contributed by atoms with Crippen LogP contribution in [-0.2, 0) is 24.3 Å². The molecule has 9 nitrogen and oxygen atoms in total. The Hall–Kier alpha value is -2.95. The average molecular weight is 406 g/mol. The molecule has 0 aromatic heterocycles. The van der Waals surface area contributed by atoms with Crippen molar-refractivity contribution in [3.05, 3.63) is 35.4 Å². The van der Waals surface area contributed by atoms with Gasteiger partial charge >= 0.3 is 10.1 Å². The van der Waals surface area contributed by atoms with Crippen LogP contribution in [0.2, 0.25) is 0 Å². The highest BCUT2D eigenvalue weighted by atomic mass is 32.2. The molecule has 0 heterocycles. The fourth-order valence-corrected chi connectivity index (χ4v) is 2.75. The van der Waals surface area contributed by atoms with Crippen molar-refractivity contribution >= 4 is 21.5 Å². The van der Waals surface area contributed by atoms with Crippen LogP contribution in [0.15, 0.2) is 34.6 Å². The van der Waals surface area contributed by atoms with Crippen LogP contribution in [0, 0.1) is 22.7 Å². The first kappa shape index (κ1) is 23.1. The van der Waals surface area contributed by atoms with E-state index in [1.807, 2.05) is 19.9 Å². The van der Waals surface area contributed by atoms with Gasteiger partial charge in [0, 0.05) is 11.1 Å². The molecule has 0 aliphatic heterocycles. The van der Waals surface area contributed by atoms with Gasteiger partial charge in [0.05, 0.1) is 12.4 Å². The summed E-state index contributed by atoms with van der Waals surface area (Å²) in [5, 5.41) is 25.6. The number of benzene rings is 1. The van der Waals surface area contributed by atoms with E-state index in [0.29, 0.717) is 25.0 Å². The quantitative estimate of drug-likeness (QED) is 0.225. The summed E-state index contributed by atoms with van der Waals surface area (Å²) in [5.74, 6) is -0.188. The third-order valence-electron chi connectivity index (χ3n) is 3.37. The molecule has 0 N–H and O–H groups in total. The molecule has 0 saturated carbocycles. The lowest BCUT2D eigenvalue weighted by Crippen LogP contribution is -2.10. The van der Waals surface area contributed by atoms with Gasteiger partial charge in [-0.25, -0.2) is 4.99 Å². The Bertz CT molecular complexity index is 882. The van der Waals surface area contributed by atoms with Crippen LogP contribution in [0.1, 0.15) is 50.7 Å². The molecule has 28 heavy (non-hydrogen) atoms. The van der Waals surface area contributed by atoms with Crippen molar-refractivity contribution in [3.8, 4) is 12.1 Å². The Labute approximate surface area is 164 Å². The Morgan fingerprint density at radius 2 is 1.64 bits per heavy atom. The summed E-state index contributed by atoms with van der Waals surface area (Å²) in [6.07, 6.45) is 2.82. The van der Waals surface area contributed by atoms with E-state index < -0.39 is 10.1 Å². The van der Waals surface area contributed by atoms with Gasteiger partial charge in [0.2, 0.25) is 0 Å². The Morgan fingerprint density at radius 1 is 1.04 bits per heavy atom. The minimum atomic E-state index is -3.86. The summed E-state index contributed by atoms with van der Waals surface area (Å²) >= 11 is 0. The molecule has 1 rings (SSSR count). The zero-order valence-electron chi connectivity index (χ0n) is 15.8. The second-order valence-corrected chi connectivity index (χ2v) is 7.30. The van der Waals surface area contributed by atoms with E-state index in [1.165, 1.54) is 12.1 Å². The van der Waals surface area contributed by atoms with Crippen LogP contribution in [0.25, 0.3) is 0 Å². The van der Waals surface area contributed by atoms with E-state index in [0.717, 1.165) is 12.8 Å². The number of hydrogen-bond acceptors (Lipinski definition) is 9. The second-order valence-electron chi connectivity index (χ2n) is 5.62. The van der Waals surface area contributed by atoms with Gasteiger partial charge < -0.3 is 0 Å². The maximum atomic E-state index is 11.7. The molecular formula is C18H22N4O5S. The third kappa shape index (κ3) is 8.16. The zero-order valence-corrected chi connectivity index (χ0v) is 16.6. The van der Waals surface area contributed by atoms with Crippen LogP contribution >= 0.6 is 0 Å². The molecule has 0 atom stereocenters. The summed E-state index contributed by atoms with van der Waals surface area (Å²) < 4.78 is 28.0. The molecule has 0 unspecified atom stereocenters. The Balaban J connectivity index is 2.97. The third-order valence-corrected chi connectivity index (χ3v) is 4.46. The normalized spacial score (nSPS) is 12.1. The average Bonchev–Trinajstić information content (AvgIpc) is 2.70. The van der Waals surface area contributed by atoms with Crippen molar-refractivity contribution in [3.63, 3.8) is 0 Å². The molecule has 1 aromatic carbocycles. The van der Waals surface area contributed by atoms with Crippen LogP contribution in [0.3, 0.4) is 0 Å². The first-order valence-corrected chi connectivity index (χ1v) is 10.3. The monoisotopic (exact) mass is 406 g/mol. The molecule has 0 spiro atoms. The second kappa shape index (κ2) is 12.4. The van der Waals surface area contributed by atoms with Gasteiger partial charge in [0.25, 0.3) is 0 Å². The lowest BCUT2D eigenvalue weighted by molar-refractivity contribution is -0.295. The van der Waals surface area contributed by atoms with Crippen molar-refractivity contribution in [1.29, 1.82) is 10.5 Å². The Morgan fingerprint density at radius 3 is 2.21 bits per heavy atom. The van der Waals surface area contributed by atoms with Crippen LogP contribution in [-0.4, -0.2) is 32.2 Å². The highest BCUT2D eigenvalue weighted by Gasteiger charge is 2.13. The fourth-order valence-electron chi connectivity index (χ4n) is 1.85. The van der Waals surface area contributed by atoms with Crippen molar-refractivity contribution < 1.29 is 22.6 Å². The molecule has 150 valence electrons. The van der Waals surface area contributed by atoms with Gasteiger partial charge in [-0.1, -0.05) is 50.0 Å². The van der Waals surface area contributed by atoms with Crippen LogP contribution in [0.4, 0.5) is 0 Å². The first-order valence-electron chi connectivity index (χ1n) is 8.74. The summed E-state index contributed by atoms with van der Waals surface area (Å²) in [7, 11) is -3.86. The van der Waals surface area contributed by atoms with Gasteiger partial charge in [0.15, 0.2) is 11.4 Å². The molecule has 0 radical (unpaired) electrons. The summed E-state index contributed by atoms with van der Waals surface area (Å²) in [4.78, 5) is 9.50. The minimum Gasteiger partial charge on any atom is -0.267 e. The molecule has 1 aromatic rings. The van der Waals surface area contributed by atoms with Crippen LogP contribution < -0.4 is 0 Å². The van der Waals surface area contributed by atoms with Gasteiger partial charge in [0.1, 0.15) is 12.1 Å². The number of rotatable bonds is 12. The molecule has 0 bridgehead atoms. The maximum Gasteiger partial charge on any atom is 0.328 e. The summed E-state index contributed by atoms with van der Waals surface area (Å²) in [6, 6.07) is 9.76. The molecule has 0 amide bonds. The van der Waals surface area contributed by atoms with Gasteiger partial charge in [-0.2, -0.15) is 23.8 Å². The summed E-state index contributed by atoms with van der Waals surface area (Å²) in [6.45, 7) is 4.18. The summed E-state index contributed by atoms with van der Waals surface area (Å²) in [5.41, 5.74) is 0.280. The van der Waals surface area contributed by atoms with E-state index in [-0.39, 0.29) is 22.7 Å². The molecule has 0 fully saturated rings. The minimum absolute atomic E-state index is 0.0767.